The second-order valence-electron chi connectivity index (χ2n) is 14.5. The van der Waals surface area contributed by atoms with Gasteiger partial charge in [-0.2, -0.15) is 5.10 Å². The van der Waals surface area contributed by atoms with E-state index in [0.29, 0.717) is 5.82 Å². The number of esters is 1. The van der Waals surface area contributed by atoms with E-state index < -0.39 is 64.5 Å². The van der Waals surface area contributed by atoms with Crippen LogP contribution < -0.4 is 21.3 Å². The Labute approximate surface area is 288 Å². The summed E-state index contributed by atoms with van der Waals surface area (Å²) >= 11 is 0.983. The number of amides is 4. The lowest BCUT2D eigenvalue weighted by atomic mass is 9.98. The van der Waals surface area contributed by atoms with Crippen LogP contribution in [0.1, 0.15) is 87.7 Å². The molecule has 4 N–H and O–H groups in total. The van der Waals surface area contributed by atoms with Crippen molar-refractivity contribution in [1.82, 2.24) is 35.7 Å². The molecule has 0 saturated carbocycles. The number of alkyl carbamates (subject to hydrolysis) is 1. The summed E-state index contributed by atoms with van der Waals surface area (Å²) in [6.07, 6.45) is -0.110. The zero-order valence-electron chi connectivity index (χ0n) is 29.5. The van der Waals surface area contributed by atoms with Crippen molar-refractivity contribution in [3.63, 3.8) is 0 Å². The highest BCUT2D eigenvalue weighted by molar-refractivity contribution is 7.14. The van der Waals surface area contributed by atoms with Crippen LogP contribution in [0.2, 0.25) is 0 Å². The minimum absolute atomic E-state index is 0.00231. The Morgan fingerprint density at radius 1 is 0.939 bits per heavy atom. The fraction of sp³-hybridized carbons (Fsp3) is 0.633. The first-order valence-electron chi connectivity index (χ1n) is 15.3. The monoisotopic (exact) mass is 707 g/mol. The number of thiazole rings is 1. The van der Waals surface area contributed by atoms with E-state index in [2.05, 4.69) is 41.5 Å². The Morgan fingerprint density at radius 3 is 2.14 bits per heavy atom. The number of anilines is 1. The molecule has 2 atom stereocenters. The van der Waals surface area contributed by atoms with Crippen LogP contribution in [0.25, 0.3) is 0 Å². The minimum atomic E-state index is -1.63. The largest absolute Gasteiger partial charge is 0.457 e. The number of β-lactam (4-membered cyclic amide) rings is 1. The third-order valence-corrected chi connectivity index (χ3v) is 6.74. The van der Waals surface area contributed by atoms with E-state index in [0.717, 1.165) is 11.3 Å². The molecule has 3 rings (SSSR count). The molecule has 1 saturated heterocycles. The van der Waals surface area contributed by atoms with E-state index in [1.54, 1.807) is 62.3 Å². The molecule has 270 valence electrons. The highest BCUT2D eigenvalue weighted by Gasteiger charge is 2.42. The molecule has 0 aliphatic carbocycles. The summed E-state index contributed by atoms with van der Waals surface area (Å²) in [7, 11) is 0. The molecular weight excluding hydrogens is 662 g/mol. The summed E-state index contributed by atoms with van der Waals surface area (Å²) in [6.45, 7) is 18.3. The van der Waals surface area contributed by atoms with Gasteiger partial charge < -0.3 is 35.0 Å². The zero-order chi connectivity index (χ0) is 36.9. The molecule has 0 aromatic carbocycles. The Kier molecular flexibility index (Phi) is 11.6. The van der Waals surface area contributed by atoms with Gasteiger partial charge in [-0.05, 0) is 76.2 Å². The number of carbonyl (C=O) groups excluding carboxylic acids is 5. The lowest BCUT2D eigenvalue weighted by Crippen LogP contribution is -2.70. The SMILES string of the molecule is CC(C)(C)OC(=O)NCc1ncnn1C[C@H]1NC(=O)[C@H]1NC(=O)/C(=N/OC(C)(C)C(=O)OC(C)(C)C)c1csc(NC(=O)OC(C)(C)C)n1. The van der Waals surface area contributed by atoms with Crippen LogP contribution in [0.5, 0.6) is 0 Å². The number of aromatic nitrogens is 4. The minimum Gasteiger partial charge on any atom is -0.457 e. The lowest BCUT2D eigenvalue weighted by Gasteiger charge is -2.37. The molecule has 19 heteroatoms. The van der Waals surface area contributed by atoms with Crippen molar-refractivity contribution in [3.8, 4) is 0 Å². The third kappa shape index (κ3) is 12.0. The first kappa shape index (κ1) is 38.6. The van der Waals surface area contributed by atoms with Gasteiger partial charge in [0.15, 0.2) is 10.8 Å². The first-order valence-corrected chi connectivity index (χ1v) is 16.2. The smallest absolute Gasteiger partial charge is 0.413 e. The fourth-order valence-electron chi connectivity index (χ4n) is 3.83. The van der Waals surface area contributed by atoms with Crippen molar-refractivity contribution in [2.45, 2.75) is 124 Å². The molecule has 0 spiro atoms. The van der Waals surface area contributed by atoms with Crippen molar-refractivity contribution >= 4 is 52.2 Å². The van der Waals surface area contributed by atoms with Crippen LogP contribution in [0, 0.1) is 0 Å². The summed E-state index contributed by atoms with van der Waals surface area (Å²) in [6, 6.07) is -1.66. The van der Waals surface area contributed by atoms with E-state index in [1.165, 1.54) is 30.2 Å². The molecule has 3 heterocycles. The highest BCUT2D eigenvalue weighted by atomic mass is 32.1. The predicted octanol–water partition coefficient (Wildman–Crippen LogP) is 2.63. The molecule has 1 aliphatic heterocycles. The maximum atomic E-state index is 13.7. The van der Waals surface area contributed by atoms with Gasteiger partial charge in [0.2, 0.25) is 11.5 Å². The molecule has 2 aromatic heterocycles. The van der Waals surface area contributed by atoms with Crippen molar-refractivity contribution in [2.75, 3.05) is 5.32 Å². The average Bonchev–Trinajstić information content (AvgIpc) is 3.56. The molecule has 0 unspecified atom stereocenters. The van der Waals surface area contributed by atoms with Crippen LogP contribution in [-0.4, -0.2) is 89.9 Å². The van der Waals surface area contributed by atoms with Gasteiger partial charge in [0.25, 0.3) is 5.91 Å². The van der Waals surface area contributed by atoms with Gasteiger partial charge in [-0.25, -0.2) is 29.0 Å². The molecule has 1 fully saturated rings. The Bertz CT molecular complexity index is 1580. The molecule has 0 bridgehead atoms. The average molecular weight is 708 g/mol. The number of carbonyl (C=O) groups is 5. The normalized spacial score (nSPS) is 16.9. The number of hydrogen-bond donors (Lipinski definition) is 4. The van der Waals surface area contributed by atoms with Gasteiger partial charge in [0.1, 0.15) is 40.7 Å². The summed E-state index contributed by atoms with van der Waals surface area (Å²) < 4.78 is 17.4. The molecule has 1 aliphatic rings. The maximum Gasteiger partial charge on any atom is 0.413 e. The van der Waals surface area contributed by atoms with Crippen LogP contribution in [-0.2, 0) is 46.5 Å². The van der Waals surface area contributed by atoms with Crippen LogP contribution in [0.3, 0.4) is 0 Å². The summed E-state index contributed by atoms with van der Waals surface area (Å²) in [5, 5.41) is 20.1. The molecule has 18 nitrogen and oxygen atoms in total. The Hall–Kier alpha value is -4.81. The van der Waals surface area contributed by atoms with Gasteiger partial charge in [0.05, 0.1) is 19.1 Å². The molecule has 2 aromatic rings. The molecule has 0 radical (unpaired) electrons. The number of oxime groups is 1. The van der Waals surface area contributed by atoms with Gasteiger partial charge in [-0.3, -0.25) is 14.9 Å². The van der Waals surface area contributed by atoms with Gasteiger partial charge in [0, 0.05) is 5.38 Å². The quantitative estimate of drug-likeness (QED) is 0.0869. The van der Waals surface area contributed by atoms with Crippen LogP contribution >= 0.6 is 11.3 Å². The maximum absolute atomic E-state index is 13.7. The number of hydrogen-bond acceptors (Lipinski definition) is 14. The van der Waals surface area contributed by atoms with Crippen molar-refractivity contribution in [2.24, 2.45) is 5.16 Å². The lowest BCUT2D eigenvalue weighted by molar-refractivity contribution is -0.179. The first-order chi connectivity index (χ1) is 22.4. The Balaban J connectivity index is 1.79. The topological polar surface area (TPSA) is 226 Å². The number of rotatable bonds is 11. The van der Waals surface area contributed by atoms with E-state index in [1.807, 2.05) is 0 Å². The van der Waals surface area contributed by atoms with Crippen molar-refractivity contribution in [1.29, 1.82) is 0 Å². The molecular formula is C30H45N9O9S. The summed E-state index contributed by atoms with van der Waals surface area (Å²) in [5.74, 6) is -1.70. The van der Waals surface area contributed by atoms with Gasteiger partial charge in [-0.15, -0.1) is 11.3 Å². The van der Waals surface area contributed by atoms with Crippen molar-refractivity contribution in [3.05, 3.63) is 23.2 Å². The standard InChI is InChI=1S/C30H45N9O9S/c1-27(2,3)45-23(42)30(10,11)48-38-20(17-14-49-24(35-17)37-26(44)47-29(7,8)9)22(41)36-19-16(34-21(19)40)13-39-18(32-15-33-39)12-31-25(43)46-28(4,5)6/h14-16,19H,12-13H2,1-11H3,(H,31,43)(H,34,40)(H,36,41)(H,35,37,44)/b38-20+/t16-,19+/m1/s1. The molecule has 49 heavy (non-hydrogen) atoms. The van der Waals surface area contributed by atoms with Crippen molar-refractivity contribution < 1.29 is 43.0 Å². The molecule has 4 amide bonds. The van der Waals surface area contributed by atoms with E-state index in [4.69, 9.17) is 19.0 Å². The number of nitrogens with zero attached hydrogens (tertiary/aromatic N) is 5. The van der Waals surface area contributed by atoms with Gasteiger partial charge in [-0.1, -0.05) is 5.16 Å². The van der Waals surface area contributed by atoms with Crippen LogP contribution in [0.15, 0.2) is 16.9 Å². The number of ether oxygens (including phenoxy) is 3. The summed E-state index contributed by atoms with van der Waals surface area (Å²) in [5.41, 5.74) is -4.30. The van der Waals surface area contributed by atoms with E-state index in [-0.39, 0.29) is 29.6 Å². The highest BCUT2D eigenvalue weighted by Crippen LogP contribution is 2.22. The fourth-order valence-corrected chi connectivity index (χ4v) is 4.51. The summed E-state index contributed by atoms with van der Waals surface area (Å²) in [4.78, 5) is 77.5. The van der Waals surface area contributed by atoms with Crippen LogP contribution in [0.4, 0.5) is 14.7 Å². The van der Waals surface area contributed by atoms with E-state index >= 15 is 0 Å². The number of nitrogens with one attached hydrogen (secondary N) is 4. The predicted molar refractivity (Wildman–Crippen MR) is 176 cm³/mol. The third-order valence-electron chi connectivity index (χ3n) is 5.98. The zero-order valence-corrected chi connectivity index (χ0v) is 30.4. The second kappa shape index (κ2) is 14.8. The van der Waals surface area contributed by atoms with E-state index in [9.17, 15) is 24.0 Å². The van der Waals surface area contributed by atoms with Gasteiger partial charge >= 0.3 is 18.2 Å². The second-order valence-corrected chi connectivity index (χ2v) is 15.3. The Morgan fingerprint density at radius 2 is 1.55 bits per heavy atom.